The van der Waals surface area contributed by atoms with Gasteiger partial charge in [0.05, 0.1) is 0 Å². The van der Waals surface area contributed by atoms with E-state index in [1.165, 1.54) is 89.4 Å². The number of unbranched alkanes of at least 4 members (excludes halogenated alkanes) is 11. The molecule has 0 aliphatic carbocycles. The molecule has 0 bridgehead atoms. The third kappa shape index (κ3) is 28.4. The van der Waals surface area contributed by atoms with Crippen LogP contribution in [0.5, 0.6) is 0 Å². The van der Waals surface area contributed by atoms with Crippen LogP contribution >= 0.6 is 0 Å². The molecule has 0 saturated carbocycles. The molecular formula is C18H37BN2. The summed E-state index contributed by atoms with van der Waals surface area (Å²) in [6.07, 6.45) is 18.2. The van der Waals surface area contributed by atoms with Crippen LogP contribution in [0.25, 0.3) is 0 Å². The van der Waals surface area contributed by atoms with Crippen LogP contribution in [-0.4, -0.2) is 13.4 Å². The number of hydrogen-bond donors (Lipinski definition) is 1. The highest BCUT2D eigenvalue weighted by atomic mass is 14.7. The van der Waals surface area contributed by atoms with Gasteiger partial charge in [-0.25, -0.2) is 5.26 Å². The van der Waals surface area contributed by atoms with Crippen molar-refractivity contribution in [1.82, 2.24) is 0 Å². The van der Waals surface area contributed by atoms with Crippen molar-refractivity contribution >= 4 is 7.85 Å². The smallest absolute Gasteiger partial charge is 0.229 e. The van der Waals surface area contributed by atoms with Crippen molar-refractivity contribution < 1.29 is 0 Å². The largest absolute Gasteiger partial charge is 0.326 e. The molecule has 0 spiro atoms. The van der Waals surface area contributed by atoms with Gasteiger partial charge < -0.3 is 5.73 Å². The van der Waals surface area contributed by atoms with Gasteiger partial charge in [-0.1, -0.05) is 84.0 Å². The predicted molar refractivity (Wildman–Crippen MR) is 95.3 cm³/mol. The minimum Gasteiger partial charge on any atom is -0.326 e. The fourth-order valence-electron chi connectivity index (χ4n) is 2.42. The lowest BCUT2D eigenvalue weighted by atomic mass is 9.97. The summed E-state index contributed by atoms with van der Waals surface area (Å²) < 4.78 is 0. The van der Waals surface area contributed by atoms with E-state index >= 15 is 0 Å². The topological polar surface area (TPSA) is 49.8 Å². The summed E-state index contributed by atoms with van der Waals surface area (Å²) in [5.41, 5.74) is 6.01. The minimum atomic E-state index is 0.0402. The molecule has 122 valence electrons. The summed E-state index contributed by atoms with van der Waals surface area (Å²) in [6, 6.07) is 0. The molecule has 0 atom stereocenters. The molecule has 0 fully saturated rings. The zero-order valence-electron chi connectivity index (χ0n) is 14.8. The molecule has 0 aromatic heterocycles. The van der Waals surface area contributed by atoms with Gasteiger partial charge in [0.25, 0.3) is 0 Å². The lowest BCUT2D eigenvalue weighted by Crippen LogP contribution is -2.31. The quantitative estimate of drug-likeness (QED) is 0.362. The van der Waals surface area contributed by atoms with Crippen LogP contribution in [0.15, 0.2) is 0 Å². The fraction of sp³-hybridized carbons (Fsp3) is 0.944. The maximum absolute atomic E-state index is 7.10. The van der Waals surface area contributed by atoms with Crippen molar-refractivity contribution in [2.45, 2.75) is 110 Å². The van der Waals surface area contributed by atoms with E-state index in [1.54, 1.807) is 0 Å². The van der Waals surface area contributed by atoms with E-state index in [2.05, 4.69) is 28.6 Å². The van der Waals surface area contributed by atoms with E-state index in [0.29, 0.717) is 0 Å². The Labute approximate surface area is 135 Å². The molecule has 0 heterocycles. The van der Waals surface area contributed by atoms with Crippen molar-refractivity contribution in [3.63, 3.8) is 0 Å². The van der Waals surface area contributed by atoms with Gasteiger partial charge in [0.15, 0.2) is 0 Å². The van der Waals surface area contributed by atoms with Gasteiger partial charge in [-0.05, 0) is 26.2 Å². The zero-order valence-corrected chi connectivity index (χ0v) is 14.8. The molecule has 21 heavy (non-hydrogen) atoms. The number of nitrogens with zero attached hydrogens (tertiary/aromatic N) is 1. The minimum absolute atomic E-state index is 0.0402. The second-order valence-electron chi connectivity index (χ2n) is 6.76. The van der Waals surface area contributed by atoms with Gasteiger partial charge in [0.1, 0.15) is 0 Å². The molecule has 2 N–H and O–H groups in total. The Hall–Kier alpha value is -0.485. The second-order valence-corrected chi connectivity index (χ2v) is 6.76. The Bertz CT molecular complexity index is 228. The highest BCUT2D eigenvalue weighted by Crippen LogP contribution is 2.14. The lowest BCUT2D eigenvalue weighted by Gasteiger charge is -2.17. The predicted octanol–water partition coefficient (Wildman–Crippen LogP) is 5.45. The van der Waals surface area contributed by atoms with Crippen molar-refractivity contribution in [3.8, 4) is 5.97 Å². The summed E-state index contributed by atoms with van der Waals surface area (Å²) in [5, 5.41) is 7.10. The Morgan fingerprint density at radius 1 is 0.810 bits per heavy atom. The Kier molecular flexibility index (Phi) is 19.1. The first-order valence-corrected chi connectivity index (χ1v) is 8.86. The van der Waals surface area contributed by atoms with Gasteiger partial charge >= 0.3 is 0 Å². The van der Waals surface area contributed by atoms with Gasteiger partial charge in [-0.15, -0.1) is 0 Å². The highest BCUT2D eigenvalue weighted by Gasteiger charge is 2.08. The normalized spacial score (nSPS) is 10.6. The molecule has 2 nitrogen and oxygen atoms in total. The fourth-order valence-corrected chi connectivity index (χ4v) is 2.42. The molecular weight excluding hydrogens is 255 g/mol. The number of nitriles is 1. The Morgan fingerprint density at radius 2 is 1.10 bits per heavy atom. The van der Waals surface area contributed by atoms with Crippen LogP contribution < -0.4 is 5.73 Å². The van der Waals surface area contributed by atoms with Gasteiger partial charge in [-0.2, -0.15) is 0 Å². The van der Waals surface area contributed by atoms with Crippen molar-refractivity contribution in [2.24, 2.45) is 5.73 Å². The maximum Gasteiger partial charge on any atom is 0.229 e. The first-order valence-electron chi connectivity index (χ1n) is 8.86. The van der Waals surface area contributed by atoms with Crippen LogP contribution in [0.2, 0.25) is 0 Å². The van der Waals surface area contributed by atoms with E-state index in [4.69, 9.17) is 11.0 Å². The van der Waals surface area contributed by atoms with Crippen molar-refractivity contribution in [1.29, 1.82) is 5.26 Å². The molecule has 0 unspecified atom stereocenters. The summed E-state index contributed by atoms with van der Waals surface area (Å²) >= 11 is 0. The first kappa shape index (κ1) is 22.8. The average Bonchev–Trinajstić information content (AvgIpc) is 2.40. The number of nitrogens with two attached hydrogens (primary N) is 1. The molecule has 0 amide bonds. The third-order valence-corrected chi connectivity index (χ3v) is 3.67. The van der Waals surface area contributed by atoms with E-state index in [9.17, 15) is 0 Å². The molecule has 2 radical (unpaired) electrons. The highest BCUT2D eigenvalue weighted by molar-refractivity contribution is 6.20. The standard InChI is InChI=1S/C17H37N.CBN/c1-4-5-6-7-8-9-10-11-12-13-14-15-16-17(2,3)18;2-1-3/h4-16,18H2,1-3H3;. The average molecular weight is 292 g/mol. The monoisotopic (exact) mass is 292 g/mol. The number of rotatable bonds is 13. The van der Waals surface area contributed by atoms with Crippen LogP contribution in [-0.2, 0) is 0 Å². The SMILES string of the molecule is CCCCCCCCCCCCCCC(C)(C)N.[B]C#N. The third-order valence-electron chi connectivity index (χ3n) is 3.67. The molecule has 0 aliphatic heterocycles. The van der Waals surface area contributed by atoms with E-state index < -0.39 is 0 Å². The molecule has 0 rings (SSSR count). The summed E-state index contributed by atoms with van der Waals surface area (Å²) in [4.78, 5) is 0. The molecule has 0 aromatic rings. The summed E-state index contributed by atoms with van der Waals surface area (Å²) in [6.45, 7) is 6.54. The van der Waals surface area contributed by atoms with Gasteiger partial charge in [-0.3, -0.25) is 0 Å². The first-order chi connectivity index (χ1) is 9.97. The Morgan fingerprint density at radius 3 is 1.38 bits per heavy atom. The number of hydrogen-bond acceptors (Lipinski definition) is 2. The van der Waals surface area contributed by atoms with Gasteiger partial charge in [0, 0.05) is 5.54 Å². The lowest BCUT2D eigenvalue weighted by molar-refractivity contribution is 0.440. The van der Waals surface area contributed by atoms with Gasteiger partial charge in [0.2, 0.25) is 7.85 Å². The maximum atomic E-state index is 7.10. The zero-order chi connectivity index (χ0) is 16.4. The van der Waals surface area contributed by atoms with Crippen LogP contribution in [0.1, 0.15) is 104 Å². The van der Waals surface area contributed by atoms with Crippen LogP contribution in [0.4, 0.5) is 0 Å². The summed E-state index contributed by atoms with van der Waals surface area (Å²) in [5.74, 6) is 1.25. The summed E-state index contributed by atoms with van der Waals surface area (Å²) in [7, 11) is 4.15. The van der Waals surface area contributed by atoms with Crippen LogP contribution in [0, 0.1) is 11.2 Å². The van der Waals surface area contributed by atoms with Crippen molar-refractivity contribution in [2.75, 3.05) is 0 Å². The molecule has 3 heteroatoms. The Balaban J connectivity index is 0. The molecule has 0 saturated heterocycles. The van der Waals surface area contributed by atoms with E-state index in [0.717, 1.165) is 0 Å². The van der Waals surface area contributed by atoms with Crippen molar-refractivity contribution in [3.05, 3.63) is 0 Å². The molecule has 0 aromatic carbocycles. The van der Waals surface area contributed by atoms with E-state index in [-0.39, 0.29) is 5.54 Å². The second kappa shape index (κ2) is 17.6. The molecule has 0 aliphatic rings. The van der Waals surface area contributed by atoms with Crippen LogP contribution in [0.3, 0.4) is 0 Å². The van der Waals surface area contributed by atoms with E-state index in [1.807, 2.05) is 0 Å².